The van der Waals surface area contributed by atoms with Gasteiger partial charge in [-0.3, -0.25) is 0 Å². The average molecular weight is 322 g/mol. The van der Waals surface area contributed by atoms with Crippen molar-refractivity contribution in [3.05, 3.63) is 28.5 Å². The van der Waals surface area contributed by atoms with Gasteiger partial charge in [0.2, 0.25) is 0 Å². The predicted octanol–water partition coefficient (Wildman–Crippen LogP) is 3.53. The Morgan fingerprint density at radius 2 is 2.26 bits per heavy atom. The lowest BCUT2D eigenvalue weighted by atomic mass is 9.97. The van der Waals surface area contributed by atoms with Crippen LogP contribution in [0.4, 0.5) is 0 Å². The molecule has 19 heavy (non-hydrogen) atoms. The monoisotopic (exact) mass is 321 g/mol. The molecule has 2 atom stereocenters. The van der Waals surface area contributed by atoms with E-state index in [1.807, 2.05) is 0 Å². The molecule has 1 aromatic heterocycles. The molecular weight excluding hydrogens is 302 g/mol. The standard InChI is InChI=1S/C15H20BrN3/c1-3-6-19-14-5-4-11(16)7-13(14)18-15(19)12-9-17-8-10(12)2/h4-5,7,10,12,17H,3,6,8-9H2,1-2H3/t10-,12-/m1/s1. The minimum Gasteiger partial charge on any atom is -0.328 e. The van der Waals surface area contributed by atoms with Crippen LogP contribution in [0.3, 0.4) is 0 Å². The minimum absolute atomic E-state index is 0.540. The van der Waals surface area contributed by atoms with Crippen molar-refractivity contribution in [1.82, 2.24) is 14.9 Å². The Kier molecular flexibility index (Phi) is 3.63. The number of hydrogen-bond acceptors (Lipinski definition) is 2. The highest BCUT2D eigenvalue weighted by atomic mass is 79.9. The number of benzene rings is 1. The Hall–Kier alpha value is -0.870. The van der Waals surface area contributed by atoms with Crippen LogP contribution < -0.4 is 5.32 Å². The van der Waals surface area contributed by atoms with Crippen LogP contribution in [0, 0.1) is 5.92 Å². The second-order valence-corrected chi connectivity index (χ2v) is 6.41. The summed E-state index contributed by atoms with van der Waals surface area (Å²) < 4.78 is 3.51. The summed E-state index contributed by atoms with van der Waals surface area (Å²) in [6.45, 7) is 7.75. The topological polar surface area (TPSA) is 29.9 Å². The van der Waals surface area contributed by atoms with Crippen LogP contribution in [-0.4, -0.2) is 22.6 Å². The molecule has 0 spiro atoms. The van der Waals surface area contributed by atoms with Gasteiger partial charge in [0.15, 0.2) is 0 Å². The molecule has 2 aromatic rings. The molecule has 0 amide bonds. The van der Waals surface area contributed by atoms with E-state index < -0.39 is 0 Å². The second kappa shape index (κ2) is 5.25. The highest BCUT2D eigenvalue weighted by Crippen LogP contribution is 2.31. The van der Waals surface area contributed by atoms with Crippen molar-refractivity contribution in [2.45, 2.75) is 32.7 Å². The highest BCUT2D eigenvalue weighted by molar-refractivity contribution is 9.10. The molecular formula is C15H20BrN3. The van der Waals surface area contributed by atoms with Crippen molar-refractivity contribution in [2.24, 2.45) is 5.92 Å². The molecule has 3 nitrogen and oxygen atoms in total. The summed E-state index contributed by atoms with van der Waals surface area (Å²) in [4.78, 5) is 4.92. The van der Waals surface area contributed by atoms with Gasteiger partial charge in [0.25, 0.3) is 0 Å². The van der Waals surface area contributed by atoms with Gasteiger partial charge in [0.05, 0.1) is 11.0 Å². The van der Waals surface area contributed by atoms with E-state index in [0.717, 1.165) is 36.0 Å². The van der Waals surface area contributed by atoms with Crippen LogP contribution in [0.1, 0.15) is 32.0 Å². The van der Waals surface area contributed by atoms with Gasteiger partial charge < -0.3 is 9.88 Å². The van der Waals surface area contributed by atoms with Crippen molar-refractivity contribution in [3.63, 3.8) is 0 Å². The SMILES string of the molecule is CCCn1c([C@@H]2CNC[C@H]2C)nc2cc(Br)ccc21. The molecule has 102 valence electrons. The van der Waals surface area contributed by atoms with Crippen LogP contribution in [0.5, 0.6) is 0 Å². The molecule has 1 N–H and O–H groups in total. The number of halogens is 1. The van der Waals surface area contributed by atoms with Gasteiger partial charge >= 0.3 is 0 Å². The number of nitrogens with one attached hydrogen (secondary N) is 1. The van der Waals surface area contributed by atoms with Crippen molar-refractivity contribution >= 4 is 27.0 Å². The van der Waals surface area contributed by atoms with Crippen molar-refractivity contribution in [1.29, 1.82) is 0 Å². The van der Waals surface area contributed by atoms with Gasteiger partial charge in [-0.15, -0.1) is 0 Å². The van der Waals surface area contributed by atoms with Crippen LogP contribution in [0.15, 0.2) is 22.7 Å². The molecule has 0 radical (unpaired) electrons. The third-order valence-corrected chi connectivity index (χ3v) is 4.53. The lowest BCUT2D eigenvalue weighted by Gasteiger charge is -2.16. The van der Waals surface area contributed by atoms with Gasteiger partial charge in [-0.2, -0.15) is 0 Å². The Morgan fingerprint density at radius 1 is 1.42 bits per heavy atom. The first-order valence-corrected chi connectivity index (χ1v) is 7.86. The van der Waals surface area contributed by atoms with Gasteiger partial charge in [0.1, 0.15) is 5.82 Å². The van der Waals surface area contributed by atoms with Crippen LogP contribution in [0.2, 0.25) is 0 Å². The van der Waals surface area contributed by atoms with E-state index in [2.05, 4.69) is 57.9 Å². The number of imidazole rings is 1. The summed E-state index contributed by atoms with van der Waals surface area (Å²) in [7, 11) is 0. The normalized spacial score (nSPS) is 23.3. The largest absolute Gasteiger partial charge is 0.328 e. The van der Waals surface area contributed by atoms with Crippen molar-refractivity contribution < 1.29 is 0 Å². The minimum atomic E-state index is 0.540. The van der Waals surface area contributed by atoms with Crippen LogP contribution >= 0.6 is 15.9 Å². The molecule has 1 fully saturated rings. The van der Waals surface area contributed by atoms with E-state index in [4.69, 9.17) is 4.98 Å². The molecule has 1 aliphatic rings. The van der Waals surface area contributed by atoms with E-state index in [1.54, 1.807) is 0 Å². The fraction of sp³-hybridized carbons (Fsp3) is 0.533. The first-order valence-electron chi connectivity index (χ1n) is 7.07. The van der Waals surface area contributed by atoms with E-state index >= 15 is 0 Å². The Labute approximate surface area is 122 Å². The summed E-state index contributed by atoms with van der Waals surface area (Å²) in [5.74, 6) is 2.46. The Bertz CT molecular complexity index is 590. The molecule has 1 aromatic carbocycles. The molecule has 0 bridgehead atoms. The molecule has 0 saturated carbocycles. The van der Waals surface area contributed by atoms with E-state index in [0.29, 0.717) is 11.8 Å². The van der Waals surface area contributed by atoms with Gasteiger partial charge in [-0.25, -0.2) is 4.98 Å². The summed E-state index contributed by atoms with van der Waals surface area (Å²) >= 11 is 3.54. The fourth-order valence-corrected chi connectivity index (χ4v) is 3.37. The lowest BCUT2D eigenvalue weighted by Crippen LogP contribution is -2.15. The third-order valence-electron chi connectivity index (χ3n) is 4.04. The summed E-state index contributed by atoms with van der Waals surface area (Å²) in [5, 5.41) is 3.48. The van der Waals surface area contributed by atoms with Crippen molar-refractivity contribution in [2.75, 3.05) is 13.1 Å². The average Bonchev–Trinajstić information content (AvgIpc) is 2.94. The Morgan fingerprint density at radius 3 is 2.95 bits per heavy atom. The number of rotatable bonds is 3. The van der Waals surface area contributed by atoms with E-state index in [1.165, 1.54) is 11.3 Å². The second-order valence-electron chi connectivity index (χ2n) is 5.50. The first-order chi connectivity index (χ1) is 9.20. The zero-order valence-corrected chi connectivity index (χ0v) is 13.1. The maximum absolute atomic E-state index is 4.92. The number of aryl methyl sites for hydroxylation is 1. The molecule has 1 aliphatic heterocycles. The van der Waals surface area contributed by atoms with Crippen LogP contribution in [0.25, 0.3) is 11.0 Å². The number of fused-ring (bicyclic) bond motifs is 1. The summed E-state index contributed by atoms with van der Waals surface area (Å²) in [6.07, 6.45) is 1.14. The number of aromatic nitrogens is 2. The molecule has 0 aliphatic carbocycles. The van der Waals surface area contributed by atoms with E-state index in [9.17, 15) is 0 Å². The fourth-order valence-electron chi connectivity index (χ4n) is 3.02. The smallest absolute Gasteiger partial charge is 0.114 e. The quantitative estimate of drug-likeness (QED) is 0.937. The third kappa shape index (κ3) is 2.32. The first kappa shape index (κ1) is 13.1. The highest BCUT2D eigenvalue weighted by Gasteiger charge is 2.29. The summed E-state index contributed by atoms with van der Waals surface area (Å²) in [6, 6.07) is 6.41. The zero-order chi connectivity index (χ0) is 13.4. The summed E-state index contributed by atoms with van der Waals surface area (Å²) in [5.41, 5.74) is 2.37. The molecule has 0 unspecified atom stereocenters. The number of hydrogen-bond donors (Lipinski definition) is 1. The number of nitrogens with zero attached hydrogens (tertiary/aromatic N) is 2. The van der Waals surface area contributed by atoms with Crippen LogP contribution in [-0.2, 0) is 6.54 Å². The maximum atomic E-state index is 4.92. The van der Waals surface area contributed by atoms with Gasteiger partial charge in [-0.05, 0) is 37.1 Å². The van der Waals surface area contributed by atoms with Gasteiger partial charge in [-0.1, -0.05) is 29.8 Å². The zero-order valence-electron chi connectivity index (χ0n) is 11.5. The predicted molar refractivity (Wildman–Crippen MR) is 82.5 cm³/mol. The van der Waals surface area contributed by atoms with Crippen molar-refractivity contribution in [3.8, 4) is 0 Å². The molecule has 4 heteroatoms. The molecule has 2 heterocycles. The van der Waals surface area contributed by atoms with E-state index in [-0.39, 0.29) is 0 Å². The molecule has 3 rings (SSSR count). The lowest BCUT2D eigenvalue weighted by molar-refractivity contribution is 0.514. The van der Waals surface area contributed by atoms with Gasteiger partial charge in [0, 0.05) is 23.5 Å². The molecule has 1 saturated heterocycles. The maximum Gasteiger partial charge on any atom is 0.114 e. The Balaban J connectivity index is 2.13.